The molecule has 0 aliphatic rings. The zero-order chi connectivity index (χ0) is 12.4. The van der Waals surface area contributed by atoms with Gasteiger partial charge in [0.25, 0.3) is 0 Å². The average molecular weight is 232 g/mol. The van der Waals surface area contributed by atoms with E-state index in [1.54, 1.807) is 19.3 Å². The number of anilines is 1. The summed E-state index contributed by atoms with van der Waals surface area (Å²) < 4.78 is 13.9. The summed E-state index contributed by atoms with van der Waals surface area (Å²) in [5.74, 6) is -0.365. The van der Waals surface area contributed by atoms with Crippen molar-refractivity contribution in [2.75, 3.05) is 12.8 Å². The zero-order valence-corrected chi connectivity index (χ0v) is 9.37. The third-order valence-corrected chi connectivity index (χ3v) is 2.56. The molecule has 5 heteroatoms. The van der Waals surface area contributed by atoms with E-state index in [4.69, 9.17) is 11.5 Å². The minimum absolute atomic E-state index is 0.365. The Kier molecular flexibility index (Phi) is 2.82. The van der Waals surface area contributed by atoms with Crippen LogP contribution in [0, 0.1) is 5.82 Å². The third kappa shape index (κ3) is 1.87. The lowest BCUT2D eigenvalue weighted by molar-refractivity contribution is 0.626. The van der Waals surface area contributed by atoms with E-state index < -0.39 is 0 Å². The number of fused-ring (bicyclic) bond motifs is 1. The minimum Gasteiger partial charge on any atom is -0.404 e. The van der Waals surface area contributed by atoms with Crippen molar-refractivity contribution < 1.29 is 4.39 Å². The van der Waals surface area contributed by atoms with E-state index in [2.05, 4.69) is 9.98 Å². The van der Waals surface area contributed by atoms with Crippen LogP contribution >= 0.6 is 0 Å². The number of aromatic nitrogens is 1. The largest absolute Gasteiger partial charge is 0.404 e. The van der Waals surface area contributed by atoms with Crippen molar-refractivity contribution in [3.8, 4) is 0 Å². The van der Waals surface area contributed by atoms with Gasteiger partial charge in [-0.05, 0) is 12.1 Å². The summed E-state index contributed by atoms with van der Waals surface area (Å²) in [6.45, 7) is 0. The number of rotatable bonds is 2. The summed E-state index contributed by atoms with van der Waals surface area (Å²) in [7, 11) is 1.60. The van der Waals surface area contributed by atoms with Gasteiger partial charge in [-0.2, -0.15) is 0 Å². The van der Waals surface area contributed by atoms with E-state index in [0.29, 0.717) is 22.3 Å². The van der Waals surface area contributed by atoms with E-state index in [9.17, 15) is 4.39 Å². The molecular formula is C12H13FN4. The lowest BCUT2D eigenvalue weighted by Crippen LogP contribution is -1.95. The molecule has 88 valence electrons. The summed E-state index contributed by atoms with van der Waals surface area (Å²) in [4.78, 5) is 6.73. The fourth-order valence-electron chi connectivity index (χ4n) is 1.73. The number of nitrogens with one attached hydrogen (secondary N) is 1. The van der Waals surface area contributed by atoms with Gasteiger partial charge in [-0.1, -0.05) is 0 Å². The molecule has 0 saturated carbocycles. The SMILES string of the molecule is CN=C/C(=C\N)c1cc2c(N)c[nH]c2cc1F. The summed E-state index contributed by atoms with van der Waals surface area (Å²) in [5.41, 5.74) is 13.4. The van der Waals surface area contributed by atoms with Crippen LogP contribution in [0.3, 0.4) is 0 Å². The minimum atomic E-state index is -0.365. The molecule has 2 rings (SSSR count). The van der Waals surface area contributed by atoms with Gasteiger partial charge in [0.2, 0.25) is 0 Å². The maximum absolute atomic E-state index is 13.9. The molecule has 1 aromatic carbocycles. The molecule has 1 heterocycles. The van der Waals surface area contributed by atoms with Crippen LogP contribution in [-0.2, 0) is 0 Å². The average Bonchev–Trinajstić information content (AvgIpc) is 2.67. The quantitative estimate of drug-likeness (QED) is 0.691. The molecule has 0 aliphatic carbocycles. The van der Waals surface area contributed by atoms with Crippen LogP contribution in [0.15, 0.2) is 29.5 Å². The molecule has 17 heavy (non-hydrogen) atoms. The highest BCUT2D eigenvalue weighted by Gasteiger charge is 2.10. The molecule has 0 spiro atoms. The van der Waals surface area contributed by atoms with E-state index in [1.165, 1.54) is 18.5 Å². The van der Waals surface area contributed by atoms with Gasteiger partial charge in [0.15, 0.2) is 0 Å². The second-order valence-corrected chi connectivity index (χ2v) is 3.63. The summed E-state index contributed by atoms with van der Waals surface area (Å²) in [5, 5.41) is 0.769. The zero-order valence-electron chi connectivity index (χ0n) is 9.37. The lowest BCUT2D eigenvalue weighted by atomic mass is 10.0. The Morgan fingerprint density at radius 1 is 1.47 bits per heavy atom. The summed E-state index contributed by atoms with van der Waals surface area (Å²) in [6, 6.07) is 3.06. The first-order valence-electron chi connectivity index (χ1n) is 5.08. The van der Waals surface area contributed by atoms with Gasteiger partial charge in [0.1, 0.15) is 5.82 Å². The predicted octanol–water partition coefficient (Wildman–Crippen LogP) is 1.89. The lowest BCUT2D eigenvalue weighted by Gasteiger charge is -2.04. The standard InChI is InChI=1S/C12H13FN4/c1-16-5-7(4-14)8-2-9-11(15)6-17-12(9)3-10(8)13/h2-6,17H,14-15H2,1H3/b7-4+,16-5?. The van der Waals surface area contributed by atoms with Crippen molar-refractivity contribution in [3.05, 3.63) is 35.9 Å². The van der Waals surface area contributed by atoms with Gasteiger partial charge in [-0.3, -0.25) is 4.99 Å². The third-order valence-electron chi connectivity index (χ3n) is 2.56. The molecule has 0 bridgehead atoms. The van der Waals surface area contributed by atoms with Crippen LogP contribution < -0.4 is 11.5 Å². The van der Waals surface area contributed by atoms with Crippen LogP contribution in [0.25, 0.3) is 16.5 Å². The predicted molar refractivity (Wildman–Crippen MR) is 69.2 cm³/mol. The Hall–Kier alpha value is -2.30. The second kappa shape index (κ2) is 4.29. The van der Waals surface area contributed by atoms with Gasteiger partial charge in [0, 0.05) is 42.2 Å². The molecular weight excluding hydrogens is 219 g/mol. The first-order valence-corrected chi connectivity index (χ1v) is 5.08. The van der Waals surface area contributed by atoms with Crippen LogP contribution in [0.4, 0.5) is 10.1 Å². The van der Waals surface area contributed by atoms with Crippen LogP contribution in [0.5, 0.6) is 0 Å². The number of aromatic amines is 1. The van der Waals surface area contributed by atoms with Crippen molar-refractivity contribution in [3.63, 3.8) is 0 Å². The van der Waals surface area contributed by atoms with Crippen molar-refractivity contribution in [2.24, 2.45) is 10.7 Å². The van der Waals surface area contributed by atoms with E-state index in [1.807, 2.05) is 0 Å². The van der Waals surface area contributed by atoms with Gasteiger partial charge >= 0.3 is 0 Å². The van der Waals surface area contributed by atoms with E-state index in [-0.39, 0.29) is 5.82 Å². The number of nitrogens with zero attached hydrogens (tertiary/aromatic N) is 1. The number of benzene rings is 1. The molecule has 1 aromatic heterocycles. The van der Waals surface area contributed by atoms with Crippen molar-refractivity contribution in [1.82, 2.24) is 4.98 Å². The number of nitrogens with two attached hydrogens (primary N) is 2. The van der Waals surface area contributed by atoms with Gasteiger partial charge < -0.3 is 16.5 Å². The number of aliphatic imine (C=N–C) groups is 1. The van der Waals surface area contributed by atoms with Crippen molar-refractivity contribution >= 4 is 28.4 Å². The molecule has 5 N–H and O–H groups in total. The molecule has 2 aromatic rings. The molecule has 0 saturated heterocycles. The Balaban J connectivity index is 2.68. The van der Waals surface area contributed by atoms with Crippen LogP contribution in [0.2, 0.25) is 0 Å². The maximum atomic E-state index is 13.9. The Morgan fingerprint density at radius 2 is 2.24 bits per heavy atom. The van der Waals surface area contributed by atoms with Crippen molar-refractivity contribution in [1.29, 1.82) is 0 Å². The number of hydrogen-bond donors (Lipinski definition) is 3. The van der Waals surface area contributed by atoms with Gasteiger partial charge in [0.05, 0.1) is 11.2 Å². The molecule has 0 fully saturated rings. The highest BCUT2D eigenvalue weighted by Crippen LogP contribution is 2.26. The summed E-state index contributed by atoms with van der Waals surface area (Å²) >= 11 is 0. The fourth-order valence-corrected chi connectivity index (χ4v) is 1.73. The number of H-pyrrole nitrogens is 1. The van der Waals surface area contributed by atoms with Crippen LogP contribution in [-0.4, -0.2) is 18.2 Å². The Labute approximate surface area is 97.8 Å². The van der Waals surface area contributed by atoms with E-state index >= 15 is 0 Å². The topological polar surface area (TPSA) is 80.2 Å². The van der Waals surface area contributed by atoms with Gasteiger partial charge in [-0.15, -0.1) is 0 Å². The van der Waals surface area contributed by atoms with Crippen LogP contribution in [0.1, 0.15) is 5.56 Å². The number of hydrogen-bond acceptors (Lipinski definition) is 3. The Morgan fingerprint density at radius 3 is 2.88 bits per heavy atom. The molecule has 0 amide bonds. The molecule has 0 radical (unpaired) electrons. The number of halogens is 1. The normalized spacial score (nSPS) is 12.7. The molecule has 0 aliphatic heterocycles. The molecule has 4 nitrogen and oxygen atoms in total. The fraction of sp³-hybridized carbons (Fsp3) is 0.0833. The maximum Gasteiger partial charge on any atom is 0.133 e. The smallest absolute Gasteiger partial charge is 0.133 e. The summed E-state index contributed by atoms with van der Waals surface area (Å²) in [6.07, 6.45) is 4.46. The highest BCUT2D eigenvalue weighted by molar-refractivity contribution is 6.11. The second-order valence-electron chi connectivity index (χ2n) is 3.63. The van der Waals surface area contributed by atoms with Crippen molar-refractivity contribution in [2.45, 2.75) is 0 Å². The number of allylic oxidation sites excluding steroid dienone is 1. The first-order chi connectivity index (χ1) is 8.17. The van der Waals surface area contributed by atoms with Gasteiger partial charge in [-0.25, -0.2) is 4.39 Å². The monoisotopic (exact) mass is 232 g/mol. The highest BCUT2D eigenvalue weighted by atomic mass is 19.1. The molecule has 0 atom stereocenters. The first kappa shape index (κ1) is 11.2. The molecule has 0 unspecified atom stereocenters. The number of nitrogen functional groups attached to an aromatic ring is 1. The Bertz CT molecular complexity index is 610. The van der Waals surface area contributed by atoms with E-state index in [0.717, 1.165) is 5.39 Å².